The van der Waals surface area contributed by atoms with E-state index in [1.807, 2.05) is 6.92 Å². The summed E-state index contributed by atoms with van der Waals surface area (Å²) in [6.45, 7) is 7.33. The molecule has 1 aliphatic carbocycles. The van der Waals surface area contributed by atoms with Gasteiger partial charge in [0.05, 0.1) is 5.69 Å². The van der Waals surface area contributed by atoms with Gasteiger partial charge in [0, 0.05) is 31.4 Å². The van der Waals surface area contributed by atoms with E-state index in [9.17, 15) is 4.79 Å². The number of aromatic nitrogens is 1. The number of carbonyl (C=O) groups is 1. The van der Waals surface area contributed by atoms with Crippen molar-refractivity contribution in [3.8, 4) is 0 Å². The minimum Gasteiger partial charge on any atom is -0.308 e. The smallest absolute Gasteiger partial charge is 0.225 e. The molecule has 1 atom stereocenters. The van der Waals surface area contributed by atoms with Crippen molar-refractivity contribution < 1.29 is 4.79 Å². The van der Waals surface area contributed by atoms with Crippen molar-refractivity contribution in [2.24, 2.45) is 5.92 Å². The summed E-state index contributed by atoms with van der Waals surface area (Å²) in [4.78, 5) is 17.8. The molecule has 5 heteroatoms. The molecular weight excluding hydrogens is 282 g/mol. The first-order valence-electron chi connectivity index (χ1n) is 8.07. The van der Waals surface area contributed by atoms with Crippen molar-refractivity contribution in [3.05, 3.63) is 11.1 Å². The number of carbonyl (C=O) groups excluding carboxylic acids is 1. The fraction of sp³-hybridized carbons (Fsp3) is 0.750. The molecule has 1 N–H and O–H groups in total. The van der Waals surface area contributed by atoms with Crippen molar-refractivity contribution in [1.82, 2.24) is 10.3 Å². The lowest BCUT2D eigenvalue weighted by Gasteiger charge is -2.28. The molecule has 1 heterocycles. The highest BCUT2D eigenvalue weighted by Gasteiger charge is 2.20. The lowest BCUT2D eigenvalue weighted by atomic mass is 9.84. The molecule has 4 nitrogen and oxygen atoms in total. The first-order valence-corrected chi connectivity index (χ1v) is 8.95. The van der Waals surface area contributed by atoms with Crippen LogP contribution in [0.1, 0.15) is 58.6 Å². The Bertz CT molecular complexity index is 454. The van der Waals surface area contributed by atoms with Gasteiger partial charge in [-0.25, -0.2) is 4.98 Å². The van der Waals surface area contributed by atoms with Crippen molar-refractivity contribution >= 4 is 22.4 Å². The highest BCUT2D eigenvalue weighted by atomic mass is 32.1. The number of anilines is 1. The second-order valence-electron chi connectivity index (χ2n) is 5.95. The summed E-state index contributed by atoms with van der Waals surface area (Å²) >= 11 is 1.55. The fourth-order valence-electron chi connectivity index (χ4n) is 3.06. The van der Waals surface area contributed by atoms with Crippen LogP contribution in [0.3, 0.4) is 0 Å². The summed E-state index contributed by atoms with van der Waals surface area (Å²) in [5.41, 5.74) is 1.04. The van der Waals surface area contributed by atoms with Gasteiger partial charge in [0.1, 0.15) is 0 Å². The molecule has 21 heavy (non-hydrogen) atoms. The standard InChI is InChI=1S/C16H27N3OS/c1-4-19(13(3)20)16-18-15(11-21-16)10-17-12(2)14-8-6-5-7-9-14/h11-12,14,17H,4-10H2,1-3H3/t12-/m0/s1. The summed E-state index contributed by atoms with van der Waals surface area (Å²) in [6, 6.07) is 0.547. The predicted molar refractivity (Wildman–Crippen MR) is 88.7 cm³/mol. The van der Waals surface area contributed by atoms with E-state index in [0.717, 1.165) is 23.3 Å². The Morgan fingerprint density at radius 2 is 2.19 bits per heavy atom. The predicted octanol–water partition coefficient (Wildman–Crippen LogP) is 3.57. The Kier molecular flexibility index (Phi) is 6.18. The van der Waals surface area contributed by atoms with Crippen molar-refractivity contribution in [2.75, 3.05) is 11.4 Å². The Hall–Kier alpha value is -0.940. The number of nitrogens with one attached hydrogen (secondary N) is 1. The van der Waals surface area contributed by atoms with Crippen LogP contribution < -0.4 is 10.2 Å². The van der Waals surface area contributed by atoms with E-state index in [-0.39, 0.29) is 5.91 Å². The third-order valence-electron chi connectivity index (χ3n) is 4.43. The topological polar surface area (TPSA) is 45.2 Å². The van der Waals surface area contributed by atoms with E-state index in [1.165, 1.54) is 32.1 Å². The van der Waals surface area contributed by atoms with Gasteiger partial charge in [-0.15, -0.1) is 11.3 Å². The highest BCUT2D eigenvalue weighted by Crippen LogP contribution is 2.26. The minimum atomic E-state index is 0.0573. The van der Waals surface area contributed by atoms with Crippen LogP contribution in [0.15, 0.2) is 5.38 Å². The maximum Gasteiger partial charge on any atom is 0.225 e. The minimum absolute atomic E-state index is 0.0573. The Labute approximate surface area is 132 Å². The first kappa shape index (κ1) is 16.4. The fourth-order valence-corrected chi connectivity index (χ4v) is 3.99. The normalized spacial score (nSPS) is 17.7. The third-order valence-corrected chi connectivity index (χ3v) is 5.34. The van der Waals surface area contributed by atoms with Crippen molar-refractivity contribution in [1.29, 1.82) is 0 Å². The van der Waals surface area contributed by atoms with E-state index < -0.39 is 0 Å². The van der Waals surface area contributed by atoms with Crippen molar-refractivity contribution in [2.45, 2.75) is 65.5 Å². The van der Waals surface area contributed by atoms with Gasteiger partial charge in [-0.1, -0.05) is 19.3 Å². The van der Waals surface area contributed by atoms with E-state index in [4.69, 9.17) is 0 Å². The second kappa shape index (κ2) is 7.90. The number of hydrogen-bond acceptors (Lipinski definition) is 4. The van der Waals surface area contributed by atoms with Crippen LogP contribution in [0, 0.1) is 5.92 Å². The molecule has 1 saturated carbocycles. The highest BCUT2D eigenvalue weighted by molar-refractivity contribution is 7.14. The van der Waals surface area contributed by atoms with Crippen LogP contribution >= 0.6 is 11.3 Å². The number of nitrogens with zero attached hydrogens (tertiary/aromatic N) is 2. The van der Waals surface area contributed by atoms with Gasteiger partial charge in [-0.2, -0.15) is 0 Å². The first-order chi connectivity index (χ1) is 10.1. The van der Waals surface area contributed by atoms with Crippen LogP contribution in [0.4, 0.5) is 5.13 Å². The molecule has 0 aliphatic heterocycles. The second-order valence-corrected chi connectivity index (χ2v) is 6.79. The SMILES string of the molecule is CCN(C(C)=O)c1nc(CN[C@@H](C)C2CCCCC2)cs1. The van der Waals surface area contributed by atoms with Gasteiger partial charge >= 0.3 is 0 Å². The van der Waals surface area contributed by atoms with Gasteiger partial charge in [-0.3, -0.25) is 9.69 Å². The zero-order valence-electron chi connectivity index (χ0n) is 13.4. The summed E-state index contributed by atoms with van der Waals surface area (Å²) in [6.07, 6.45) is 6.86. The van der Waals surface area contributed by atoms with E-state index in [1.54, 1.807) is 23.2 Å². The average molecular weight is 309 g/mol. The average Bonchev–Trinajstić information content (AvgIpc) is 2.94. The van der Waals surface area contributed by atoms with Gasteiger partial charge in [0.15, 0.2) is 5.13 Å². The zero-order chi connectivity index (χ0) is 15.2. The molecule has 1 fully saturated rings. The quantitative estimate of drug-likeness (QED) is 0.873. The molecule has 1 aromatic heterocycles. The van der Waals surface area contributed by atoms with Crippen LogP contribution in [-0.4, -0.2) is 23.5 Å². The van der Waals surface area contributed by atoms with Crippen molar-refractivity contribution in [3.63, 3.8) is 0 Å². The lowest BCUT2D eigenvalue weighted by molar-refractivity contribution is -0.116. The monoisotopic (exact) mass is 309 g/mol. The Morgan fingerprint density at radius 3 is 2.81 bits per heavy atom. The molecular formula is C16H27N3OS. The zero-order valence-corrected chi connectivity index (χ0v) is 14.2. The number of rotatable bonds is 6. The molecule has 1 aliphatic rings. The van der Waals surface area contributed by atoms with E-state index in [0.29, 0.717) is 12.6 Å². The number of hydrogen-bond donors (Lipinski definition) is 1. The van der Waals surface area contributed by atoms with E-state index in [2.05, 4.69) is 22.6 Å². The van der Waals surface area contributed by atoms with Crippen LogP contribution in [-0.2, 0) is 11.3 Å². The van der Waals surface area contributed by atoms with Gasteiger partial charge in [0.25, 0.3) is 0 Å². The number of thiazole rings is 1. The summed E-state index contributed by atoms with van der Waals surface area (Å²) in [5.74, 6) is 0.864. The molecule has 0 saturated heterocycles. The largest absolute Gasteiger partial charge is 0.308 e. The molecule has 1 amide bonds. The molecule has 118 valence electrons. The maximum absolute atomic E-state index is 11.5. The van der Waals surface area contributed by atoms with Crippen LogP contribution in [0.2, 0.25) is 0 Å². The van der Waals surface area contributed by atoms with Crippen LogP contribution in [0.25, 0.3) is 0 Å². The lowest BCUT2D eigenvalue weighted by Crippen LogP contribution is -2.34. The van der Waals surface area contributed by atoms with E-state index >= 15 is 0 Å². The van der Waals surface area contributed by atoms with Crippen LogP contribution in [0.5, 0.6) is 0 Å². The molecule has 0 unspecified atom stereocenters. The Morgan fingerprint density at radius 1 is 1.48 bits per heavy atom. The molecule has 0 radical (unpaired) electrons. The van der Waals surface area contributed by atoms with Gasteiger partial charge < -0.3 is 5.32 Å². The van der Waals surface area contributed by atoms with Gasteiger partial charge in [0.2, 0.25) is 5.91 Å². The molecule has 1 aromatic rings. The summed E-state index contributed by atoms with van der Waals surface area (Å²) in [5, 5.41) is 6.48. The van der Waals surface area contributed by atoms with Gasteiger partial charge in [-0.05, 0) is 32.6 Å². The molecule has 2 rings (SSSR count). The third kappa shape index (κ3) is 4.51. The number of amides is 1. The summed E-state index contributed by atoms with van der Waals surface area (Å²) < 4.78 is 0. The molecule has 0 bridgehead atoms. The Balaban J connectivity index is 1.86. The molecule has 0 aromatic carbocycles. The maximum atomic E-state index is 11.5. The summed E-state index contributed by atoms with van der Waals surface area (Å²) in [7, 11) is 0. The molecule has 0 spiro atoms.